The fourth-order valence-corrected chi connectivity index (χ4v) is 2.56. The molecule has 0 aliphatic carbocycles. The van der Waals surface area contributed by atoms with Crippen LogP contribution in [0.1, 0.15) is 42.5 Å². The van der Waals surface area contributed by atoms with E-state index in [0.29, 0.717) is 36.6 Å². The lowest BCUT2D eigenvalue weighted by atomic mass is 9.93. The van der Waals surface area contributed by atoms with Crippen molar-refractivity contribution in [3.63, 3.8) is 0 Å². The highest BCUT2D eigenvalue weighted by atomic mass is 16.5. The van der Waals surface area contributed by atoms with E-state index in [9.17, 15) is 9.59 Å². The summed E-state index contributed by atoms with van der Waals surface area (Å²) in [5.41, 5.74) is 1.81. The number of H-pyrrole nitrogens is 1. The summed E-state index contributed by atoms with van der Waals surface area (Å²) < 4.78 is 6.35. The lowest BCUT2D eigenvalue weighted by molar-refractivity contribution is 0.0715. The zero-order valence-electron chi connectivity index (χ0n) is 13.3. The van der Waals surface area contributed by atoms with Crippen LogP contribution in [0.4, 0.5) is 0 Å². The fraction of sp³-hybridized carbons (Fsp3) is 0.533. The van der Waals surface area contributed by atoms with Gasteiger partial charge in [0.05, 0.1) is 24.4 Å². The summed E-state index contributed by atoms with van der Waals surface area (Å²) in [6.07, 6.45) is 0. The van der Waals surface area contributed by atoms with Gasteiger partial charge in [0.15, 0.2) is 0 Å². The number of methoxy groups -OCH3 is 1. The molecule has 2 aromatic rings. The molecule has 1 amide bonds. The average molecular weight is 304 g/mol. The van der Waals surface area contributed by atoms with Crippen molar-refractivity contribution < 1.29 is 9.53 Å². The minimum atomic E-state index is -0.229. The van der Waals surface area contributed by atoms with Gasteiger partial charge in [-0.05, 0) is 0 Å². The quantitative estimate of drug-likeness (QED) is 0.914. The normalized spacial score (nSPS) is 14.9. The standard InChI is InChI=1S/C15H20N4O3/c1-15(2,3)10-7-11-16-12-9(13(20)19(11)17-10)8-18(14(12)21)5-6-22-4/h7,16H,5-6,8H2,1-4H3. The number of amides is 1. The van der Waals surface area contributed by atoms with E-state index in [2.05, 4.69) is 10.1 Å². The number of carbonyl (C=O) groups is 1. The predicted molar refractivity (Wildman–Crippen MR) is 81.1 cm³/mol. The van der Waals surface area contributed by atoms with Crippen LogP contribution < -0.4 is 5.56 Å². The van der Waals surface area contributed by atoms with Gasteiger partial charge >= 0.3 is 0 Å². The van der Waals surface area contributed by atoms with Crippen LogP contribution in [0.5, 0.6) is 0 Å². The molecule has 0 bridgehead atoms. The van der Waals surface area contributed by atoms with Crippen molar-refractivity contribution in [1.82, 2.24) is 19.5 Å². The molecule has 0 saturated carbocycles. The number of hydrogen-bond donors (Lipinski definition) is 1. The van der Waals surface area contributed by atoms with Gasteiger partial charge in [0.1, 0.15) is 11.3 Å². The third-order valence-electron chi connectivity index (χ3n) is 3.90. The molecular formula is C15H20N4O3. The molecule has 7 heteroatoms. The van der Waals surface area contributed by atoms with Gasteiger partial charge in [-0.3, -0.25) is 9.59 Å². The van der Waals surface area contributed by atoms with Gasteiger partial charge in [0, 0.05) is 25.1 Å². The fourth-order valence-electron chi connectivity index (χ4n) is 2.56. The number of rotatable bonds is 3. The number of fused-ring (bicyclic) bond motifs is 2. The van der Waals surface area contributed by atoms with Crippen LogP contribution in [0.25, 0.3) is 5.65 Å². The number of carbonyl (C=O) groups excluding carboxylic acids is 1. The Balaban J connectivity index is 2.08. The zero-order chi connectivity index (χ0) is 16.1. The highest BCUT2D eigenvalue weighted by Crippen LogP contribution is 2.23. The Hall–Kier alpha value is -2.15. The number of ether oxygens (including phenoxy) is 1. The molecule has 0 aromatic carbocycles. The van der Waals surface area contributed by atoms with Crippen LogP contribution in [0.3, 0.4) is 0 Å². The molecule has 2 aromatic heterocycles. The molecule has 1 N–H and O–H groups in total. The molecule has 1 aliphatic heterocycles. The maximum absolute atomic E-state index is 12.6. The van der Waals surface area contributed by atoms with Crippen molar-refractivity contribution in [2.75, 3.05) is 20.3 Å². The van der Waals surface area contributed by atoms with Gasteiger partial charge in [0.25, 0.3) is 11.5 Å². The zero-order valence-corrected chi connectivity index (χ0v) is 13.3. The number of nitrogens with one attached hydrogen (secondary N) is 1. The van der Waals surface area contributed by atoms with Crippen molar-refractivity contribution in [2.24, 2.45) is 0 Å². The molecule has 3 heterocycles. The van der Waals surface area contributed by atoms with Crippen LogP contribution in [-0.4, -0.2) is 45.7 Å². The van der Waals surface area contributed by atoms with Crippen molar-refractivity contribution in [2.45, 2.75) is 32.7 Å². The number of aromatic nitrogens is 3. The molecule has 22 heavy (non-hydrogen) atoms. The lowest BCUT2D eigenvalue weighted by Crippen LogP contribution is -2.28. The van der Waals surface area contributed by atoms with Gasteiger partial charge in [0.2, 0.25) is 0 Å². The number of nitrogens with zero attached hydrogens (tertiary/aromatic N) is 3. The Morgan fingerprint density at radius 1 is 1.36 bits per heavy atom. The molecule has 3 rings (SSSR count). The summed E-state index contributed by atoms with van der Waals surface area (Å²) in [6.45, 7) is 7.30. The smallest absolute Gasteiger partial charge is 0.280 e. The maximum Gasteiger partial charge on any atom is 0.280 e. The molecule has 7 nitrogen and oxygen atoms in total. The molecule has 0 saturated heterocycles. The summed E-state index contributed by atoms with van der Waals surface area (Å²) in [5, 5.41) is 4.39. The Morgan fingerprint density at radius 3 is 2.73 bits per heavy atom. The molecule has 0 fully saturated rings. The van der Waals surface area contributed by atoms with Crippen LogP contribution in [0.2, 0.25) is 0 Å². The topological polar surface area (TPSA) is 79.7 Å². The van der Waals surface area contributed by atoms with E-state index >= 15 is 0 Å². The summed E-state index contributed by atoms with van der Waals surface area (Å²) in [4.78, 5) is 29.6. The second kappa shape index (κ2) is 4.95. The molecule has 0 radical (unpaired) electrons. The molecule has 0 atom stereocenters. The monoisotopic (exact) mass is 304 g/mol. The molecule has 0 unspecified atom stereocenters. The van der Waals surface area contributed by atoms with Gasteiger partial charge in [-0.25, -0.2) is 0 Å². The van der Waals surface area contributed by atoms with E-state index in [1.165, 1.54) is 4.52 Å². The average Bonchev–Trinajstić information content (AvgIpc) is 3.00. The third kappa shape index (κ3) is 2.21. The van der Waals surface area contributed by atoms with Crippen LogP contribution >= 0.6 is 0 Å². The van der Waals surface area contributed by atoms with Gasteiger partial charge in [-0.15, -0.1) is 0 Å². The minimum absolute atomic E-state index is 0.161. The molecule has 0 spiro atoms. The Labute approximate surface area is 127 Å². The first-order valence-corrected chi connectivity index (χ1v) is 7.26. The van der Waals surface area contributed by atoms with Gasteiger partial charge < -0.3 is 14.6 Å². The predicted octanol–water partition coefficient (Wildman–Crippen LogP) is 0.922. The van der Waals surface area contributed by atoms with Crippen LogP contribution in [-0.2, 0) is 16.7 Å². The van der Waals surface area contributed by atoms with E-state index in [1.54, 1.807) is 12.0 Å². The van der Waals surface area contributed by atoms with E-state index in [-0.39, 0.29) is 16.9 Å². The third-order valence-corrected chi connectivity index (χ3v) is 3.90. The van der Waals surface area contributed by atoms with Gasteiger partial charge in [-0.1, -0.05) is 20.8 Å². The van der Waals surface area contributed by atoms with E-state index < -0.39 is 0 Å². The minimum Gasteiger partial charge on any atom is -0.383 e. The number of hydrogen-bond acceptors (Lipinski definition) is 4. The largest absolute Gasteiger partial charge is 0.383 e. The molecular weight excluding hydrogens is 284 g/mol. The summed E-state index contributed by atoms with van der Waals surface area (Å²) in [6, 6.07) is 1.83. The Kier molecular flexibility index (Phi) is 3.32. The van der Waals surface area contributed by atoms with E-state index in [4.69, 9.17) is 4.74 Å². The second-order valence-corrected chi connectivity index (χ2v) is 6.58. The summed E-state index contributed by atoms with van der Waals surface area (Å²) in [5.74, 6) is -0.162. The second-order valence-electron chi connectivity index (χ2n) is 6.58. The lowest BCUT2D eigenvalue weighted by Gasteiger charge is -2.14. The van der Waals surface area contributed by atoms with Crippen molar-refractivity contribution >= 4 is 11.6 Å². The van der Waals surface area contributed by atoms with Crippen molar-refractivity contribution in [3.8, 4) is 0 Å². The first kappa shape index (κ1) is 14.8. The highest BCUT2D eigenvalue weighted by Gasteiger charge is 2.32. The van der Waals surface area contributed by atoms with Gasteiger partial charge in [-0.2, -0.15) is 9.61 Å². The van der Waals surface area contributed by atoms with E-state index in [0.717, 1.165) is 5.69 Å². The maximum atomic E-state index is 12.6. The summed E-state index contributed by atoms with van der Waals surface area (Å²) in [7, 11) is 1.58. The summed E-state index contributed by atoms with van der Waals surface area (Å²) >= 11 is 0. The van der Waals surface area contributed by atoms with Crippen LogP contribution in [0, 0.1) is 0 Å². The molecule has 1 aliphatic rings. The first-order valence-electron chi connectivity index (χ1n) is 7.26. The number of aromatic amines is 1. The van der Waals surface area contributed by atoms with Crippen LogP contribution in [0.15, 0.2) is 10.9 Å². The van der Waals surface area contributed by atoms with E-state index in [1.807, 2.05) is 26.8 Å². The highest BCUT2D eigenvalue weighted by molar-refractivity contribution is 5.96. The van der Waals surface area contributed by atoms with Crippen molar-refractivity contribution in [3.05, 3.63) is 33.4 Å². The Morgan fingerprint density at radius 2 is 2.09 bits per heavy atom. The first-order chi connectivity index (χ1) is 10.3. The molecule has 118 valence electrons. The van der Waals surface area contributed by atoms with Crippen molar-refractivity contribution in [1.29, 1.82) is 0 Å². The Bertz CT molecular complexity index is 797. The SMILES string of the molecule is COCCN1Cc2c([nH]c3cc(C(C)(C)C)nn3c2=O)C1=O.